The minimum Gasteiger partial charge on any atom is -0.319 e. The maximum Gasteiger partial charge on any atom is 0.264 e. The first-order valence-corrected chi connectivity index (χ1v) is 4.02. The Hall–Kier alpha value is -1.60. The summed E-state index contributed by atoms with van der Waals surface area (Å²) < 4.78 is 0. The molecule has 4 nitrogen and oxygen atoms in total. The highest BCUT2D eigenvalue weighted by atomic mass is 16.1. The summed E-state index contributed by atoms with van der Waals surface area (Å²) in [5, 5.41) is 9.04. The third-order valence-electron chi connectivity index (χ3n) is 1.40. The first-order chi connectivity index (χ1) is 6.33. The molecule has 4 heteroatoms. The van der Waals surface area contributed by atoms with Crippen molar-refractivity contribution in [2.75, 3.05) is 13.6 Å². The van der Waals surface area contributed by atoms with Gasteiger partial charge in [0.2, 0.25) is 0 Å². The van der Waals surface area contributed by atoms with Gasteiger partial charge in [0.15, 0.2) is 0 Å². The topological polar surface area (TPSA) is 57.8 Å². The van der Waals surface area contributed by atoms with E-state index in [2.05, 4.69) is 27.4 Å². The molecule has 1 aromatic rings. The lowest BCUT2D eigenvalue weighted by Crippen LogP contribution is -2.07. The minimum atomic E-state index is -0.208. The molecule has 2 N–H and O–H groups in total. The molecule has 1 aromatic heterocycles. The van der Waals surface area contributed by atoms with Crippen LogP contribution < -0.4 is 10.9 Å². The highest BCUT2D eigenvalue weighted by Gasteiger charge is 1.86. The van der Waals surface area contributed by atoms with Gasteiger partial charge in [0.05, 0.1) is 0 Å². The van der Waals surface area contributed by atoms with Crippen molar-refractivity contribution in [3.8, 4) is 11.8 Å². The maximum atomic E-state index is 10.6. The van der Waals surface area contributed by atoms with Crippen LogP contribution in [0.3, 0.4) is 0 Å². The summed E-state index contributed by atoms with van der Waals surface area (Å²) in [6.07, 6.45) is 0.775. The van der Waals surface area contributed by atoms with Crippen molar-refractivity contribution in [3.05, 3.63) is 28.2 Å². The van der Waals surface area contributed by atoms with Crippen LogP contribution in [0.5, 0.6) is 0 Å². The zero-order valence-corrected chi connectivity index (χ0v) is 7.42. The van der Waals surface area contributed by atoms with Crippen LogP contribution >= 0.6 is 0 Å². The summed E-state index contributed by atoms with van der Waals surface area (Å²) >= 11 is 0. The summed E-state index contributed by atoms with van der Waals surface area (Å²) in [4.78, 5) is 10.6. The van der Waals surface area contributed by atoms with Crippen molar-refractivity contribution in [2.45, 2.75) is 6.42 Å². The molecule has 13 heavy (non-hydrogen) atoms. The normalized spacial score (nSPS) is 9.00. The number of aromatic amines is 1. The van der Waals surface area contributed by atoms with Gasteiger partial charge < -0.3 is 5.32 Å². The van der Waals surface area contributed by atoms with E-state index in [0.29, 0.717) is 5.69 Å². The zero-order valence-electron chi connectivity index (χ0n) is 7.42. The smallest absolute Gasteiger partial charge is 0.264 e. The molecule has 0 saturated heterocycles. The maximum absolute atomic E-state index is 10.6. The van der Waals surface area contributed by atoms with Crippen LogP contribution in [0.2, 0.25) is 0 Å². The van der Waals surface area contributed by atoms with Crippen LogP contribution in [-0.2, 0) is 0 Å². The van der Waals surface area contributed by atoms with Gasteiger partial charge in [0.1, 0.15) is 5.69 Å². The fraction of sp³-hybridized carbons (Fsp3) is 0.333. The Balaban J connectivity index is 2.57. The van der Waals surface area contributed by atoms with Crippen LogP contribution in [0.15, 0.2) is 16.9 Å². The Labute approximate surface area is 76.4 Å². The van der Waals surface area contributed by atoms with Gasteiger partial charge in [-0.3, -0.25) is 4.79 Å². The van der Waals surface area contributed by atoms with Crippen LogP contribution in [0.4, 0.5) is 0 Å². The van der Waals surface area contributed by atoms with Gasteiger partial charge in [-0.1, -0.05) is 5.92 Å². The van der Waals surface area contributed by atoms with E-state index < -0.39 is 0 Å². The number of rotatable bonds is 2. The number of hydrogen-bond donors (Lipinski definition) is 2. The summed E-state index contributed by atoms with van der Waals surface area (Å²) in [5.74, 6) is 5.76. The Kier molecular flexibility index (Phi) is 3.74. The highest BCUT2D eigenvalue weighted by molar-refractivity contribution is 5.25. The zero-order chi connectivity index (χ0) is 9.52. The molecule has 0 aliphatic rings. The van der Waals surface area contributed by atoms with Gasteiger partial charge in [-0.15, -0.1) is 0 Å². The second kappa shape index (κ2) is 5.12. The molecule has 1 rings (SSSR count). The van der Waals surface area contributed by atoms with E-state index in [1.807, 2.05) is 7.05 Å². The van der Waals surface area contributed by atoms with E-state index in [1.165, 1.54) is 6.07 Å². The third kappa shape index (κ3) is 3.54. The molecule has 68 valence electrons. The number of nitrogens with one attached hydrogen (secondary N) is 2. The van der Waals surface area contributed by atoms with Crippen molar-refractivity contribution in [3.63, 3.8) is 0 Å². The second-order valence-corrected chi connectivity index (χ2v) is 2.46. The molecule has 0 spiro atoms. The molecule has 0 amide bonds. The van der Waals surface area contributed by atoms with Crippen molar-refractivity contribution >= 4 is 0 Å². The molecule has 1 heterocycles. The highest BCUT2D eigenvalue weighted by Crippen LogP contribution is 1.83. The van der Waals surface area contributed by atoms with Gasteiger partial charge in [-0.2, -0.15) is 5.10 Å². The molecule has 0 atom stereocenters. The van der Waals surface area contributed by atoms with E-state index in [-0.39, 0.29) is 5.56 Å². The van der Waals surface area contributed by atoms with Gasteiger partial charge in [-0.25, -0.2) is 5.10 Å². The average Bonchev–Trinajstić information content (AvgIpc) is 2.15. The number of H-pyrrole nitrogens is 1. The SMILES string of the molecule is CNCCC#Cc1ccc(=O)[nH]n1. The number of hydrogen-bond acceptors (Lipinski definition) is 3. The molecule has 0 unspecified atom stereocenters. The Morgan fingerprint density at radius 2 is 2.46 bits per heavy atom. The summed E-state index contributed by atoms with van der Waals surface area (Å²) in [5.41, 5.74) is 0.386. The lowest BCUT2D eigenvalue weighted by Gasteiger charge is -1.88. The lowest BCUT2D eigenvalue weighted by molar-refractivity contribution is 0.818. The molecule has 0 radical (unpaired) electrons. The molecule has 0 aliphatic carbocycles. The lowest BCUT2D eigenvalue weighted by atomic mass is 10.3. The Bertz CT molecular complexity index is 352. The standard InChI is InChI=1S/C9H11N3O/c1-10-7-3-2-4-8-5-6-9(13)12-11-8/h5-6,10H,3,7H2,1H3,(H,12,13). The van der Waals surface area contributed by atoms with E-state index >= 15 is 0 Å². The fourth-order valence-corrected chi connectivity index (χ4v) is 0.755. The molecule has 0 aromatic carbocycles. The average molecular weight is 177 g/mol. The van der Waals surface area contributed by atoms with Gasteiger partial charge in [0, 0.05) is 19.0 Å². The fourth-order valence-electron chi connectivity index (χ4n) is 0.755. The molecule has 0 aliphatic heterocycles. The largest absolute Gasteiger partial charge is 0.319 e. The predicted octanol–water partition coefficient (Wildman–Crippen LogP) is -0.269. The summed E-state index contributed by atoms with van der Waals surface area (Å²) in [6, 6.07) is 3.01. The van der Waals surface area contributed by atoms with Crippen molar-refractivity contribution in [1.29, 1.82) is 0 Å². The predicted molar refractivity (Wildman–Crippen MR) is 50.3 cm³/mol. The quantitative estimate of drug-likeness (QED) is 0.483. The van der Waals surface area contributed by atoms with Gasteiger partial charge >= 0.3 is 0 Å². The molecule has 0 fully saturated rings. The molecule has 0 saturated carbocycles. The van der Waals surface area contributed by atoms with E-state index in [1.54, 1.807) is 6.07 Å². The number of nitrogens with zero attached hydrogens (tertiary/aromatic N) is 1. The third-order valence-corrected chi connectivity index (χ3v) is 1.40. The summed E-state index contributed by atoms with van der Waals surface area (Å²) in [7, 11) is 1.87. The first-order valence-electron chi connectivity index (χ1n) is 4.02. The second-order valence-electron chi connectivity index (χ2n) is 2.46. The van der Waals surface area contributed by atoms with Crippen LogP contribution in [0.1, 0.15) is 12.1 Å². The van der Waals surface area contributed by atoms with E-state index in [4.69, 9.17) is 0 Å². The van der Waals surface area contributed by atoms with Gasteiger partial charge in [-0.05, 0) is 19.0 Å². The van der Waals surface area contributed by atoms with Crippen molar-refractivity contribution < 1.29 is 0 Å². The van der Waals surface area contributed by atoms with Gasteiger partial charge in [0.25, 0.3) is 5.56 Å². The molecule has 0 bridgehead atoms. The van der Waals surface area contributed by atoms with E-state index in [9.17, 15) is 4.79 Å². The molecular weight excluding hydrogens is 166 g/mol. The number of aromatic nitrogens is 2. The van der Waals surface area contributed by atoms with E-state index in [0.717, 1.165) is 13.0 Å². The molecular formula is C9H11N3O. The van der Waals surface area contributed by atoms with Crippen LogP contribution in [0, 0.1) is 11.8 Å². The summed E-state index contributed by atoms with van der Waals surface area (Å²) in [6.45, 7) is 0.857. The first kappa shape index (κ1) is 9.49. The van der Waals surface area contributed by atoms with Crippen LogP contribution in [0.25, 0.3) is 0 Å². The monoisotopic (exact) mass is 177 g/mol. The van der Waals surface area contributed by atoms with Crippen LogP contribution in [-0.4, -0.2) is 23.8 Å². The Morgan fingerprint density at radius 3 is 3.08 bits per heavy atom. The van der Waals surface area contributed by atoms with Crippen molar-refractivity contribution in [1.82, 2.24) is 15.5 Å². The van der Waals surface area contributed by atoms with Crippen molar-refractivity contribution in [2.24, 2.45) is 0 Å². The Morgan fingerprint density at radius 1 is 1.62 bits per heavy atom. The minimum absolute atomic E-state index is 0.208.